The number of rotatable bonds is 6. The number of carbonyl (C=O) groups is 1. The van der Waals surface area contributed by atoms with Crippen molar-refractivity contribution in [1.29, 1.82) is 0 Å². The molecule has 5 N–H and O–H groups in total. The van der Waals surface area contributed by atoms with Gasteiger partial charge < -0.3 is 30.1 Å². The summed E-state index contributed by atoms with van der Waals surface area (Å²) in [6.45, 7) is 0.730. The van der Waals surface area contributed by atoms with Crippen LogP contribution in [0.4, 0.5) is 5.69 Å². The minimum Gasteiger partial charge on any atom is -0.462 e. The van der Waals surface area contributed by atoms with E-state index in [-0.39, 0.29) is 0 Å². The van der Waals surface area contributed by atoms with Crippen molar-refractivity contribution in [1.82, 2.24) is 5.32 Å². The molecule has 0 radical (unpaired) electrons. The van der Waals surface area contributed by atoms with E-state index < -0.39 is 43.2 Å². The van der Waals surface area contributed by atoms with Crippen LogP contribution < -0.4 is 15.2 Å². The number of nitroso groups, excluding NO2 is 1. The zero-order chi connectivity index (χ0) is 21.0. The molecule has 3 rings (SSSR count). The van der Waals surface area contributed by atoms with Crippen LogP contribution in [0.25, 0.3) is 11.1 Å². The molecule has 1 aliphatic rings. The zero-order valence-electron chi connectivity index (χ0n) is 15.7. The molecule has 1 saturated heterocycles. The van der Waals surface area contributed by atoms with Gasteiger partial charge in [0.2, 0.25) is 12.2 Å². The fourth-order valence-corrected chi connectivity index (χ4v) is 3.25. The second kappa shape index (κ2) is 9.10. The number of carbonyl (C=O) groups excluding carboxylic acids is 1. The summed E-state index contributed by atoms with van der Waals surface area (Å²) in [5.41, 5.74) is 1.73. The molecule has 1 heterocycles. The molecule has 2 aromatic rings. The SMILES string of the molecule is CC(=O)N[C@H]1[C@H](Oc2ccccc2-c2cccc([NH+]=O)c2)O[C@H](CO)[C@H](O)[C@@H]1O. The topological polar surface area (TPSA) is 139 Å². The fraction of sp³-hybridized carbons (Fsp3) is 0.350. The van der Waals surface area contributed by atoms with Crippen LogP contribution in [0.1, 0.15) is 6.92 Å². The molecule has 9 nitrogen and oxygen atoms in total. The summed E-state index contributed by atoms with van der Waals surface area (Å²) in [5.74, 6) is -0.0698. The molecule has 0 spiro atoms. The third kappa shape index (κ3) is 4.60. The van der Waals surface area contributed by atoms with E-state index in [0.717, 1.165) is 0 Å². The summed E-state index contributed by atoms with van der Waals surface area (Å²) in [7, 11) is 0. The van der Waals surface area contributed by atoms with Gasteiger partial charge in [-0.3, -0.25) is 4.79 Å². The monoisotopic (exact) mass is 403 g/mol. The molecule has 154 valence electrons. The van der Waals surface area contributed by atoms with E-state index in [9.17, 15) is 25.0 Å². The molecule has 0 saturated carbocycles. The highest BCUT2D eigenvalue weighted by molar-refractivity contribution is 5.73. The summed E-state index contributed by atoms with van der Waals surface area (Å²) < 4.78 is 11.6. The van der Waals surface area contributed by atoms with Gasteiger partial charge in [0.15, 0.2) is 0 Å². The van der Waals surface area contributed by atoms with E-state index in [2.05, 4.69) is 5.32 Å². The van der Waals surface area contributed by atoms with E-state index in [4.69, 9.17) is 9.47 Å². The summed E-state index contributed by atoms with van der Waals surface area (Å²) >= 11 is 0. The number of aliphatic hydroxyl groups excluding tert-OH is 3. The molecule has 1 amide bonds. The second-order valence-electron chi connectivity index (χ2n) is 6.73. The van der Waals surface area contributed by atoms with Crippen LogP contribution in [-0.4, -0.2) is 58.5 Å². The predicted molar refractivity (Wildman–Crippen MR) is 102 cm³/mol. The van der Waals surface area contributed by atoms with Crippen molar-refractivity contribution < 1.29 is 34.8 Å². The van der Waals surface area contributed by atoms with E-state index in [0.29, 0.717) is 22.6 Å². The number of benzene rings is 2. The zero-order valence-corrected chi connectivity index (χ0v) is 15.7. The molecule has 0 bridgehead atoms. The van der Waals surface area contributed by atoms with Gasteiger partial charge in [-0.25, -0.2) is 0 Å². The molecule has 29 heavy (non-hydrogen) atoms. The number of amides is 1. The fourth-order valence-electron chi connectivity index (χ4n) is 3.25. The lowest BCUT2D eigenvalue weighted by molar-refractivity contribution is -0.379. The Hall–Kier alpha value is -2.85. The average Bonchev–Trinajstić information content (AvgIpc) is 2.73. The lowest BCUT2D eigenvalue weighted by atomic mass is 9.96. The Morgan fingerprint density at radius 3 is 2.62 bits per heavy atom. The van der Waals surface area contributed by atoms with Gasteiger partial charge in [0.25, 0.3) is 5.69 Å². The van der Waals surface area contributed by atoms with E-state index in [1.165, 1.54) is 6.92 Å². The van der Waals surface area contributed by atoms with Gasteiger partial charge in [-0.1, -0.05) is 30.3 Å². The lowest BCUT2D eigenvalue weighted by Crippen LogP contribution is -2.65. The van der Waals surface area contributed by atoms with Crippen molar-refractivity contribution in [2.45, 2.75) is 37.6 Å². The summed E-state index contributed by atoms with van der Waals surface area (Å²) in [4.78, 5) is 22.6. The molecule has 5 atom stereocenters. The molecular formula is C20H23N2O7+. The van der Waals surface area contributed by atoms with Crippen molar-refractivity contribution in [2.24, 2.45) is 0 Å². The molecular weight excluding hydrogens is 380 g/mol. The van der Waals surface area contributed by atoms with Crippen LogP contribution in [0, 0.1) is 4.91 Å². The Balaban J connectivity index is 1.94. The molecule has 0 unspecified atom stereocenters. The normalized spacial score (nSPS) is 26.6. The smallest absolute Gasteiger partial charge is 0.253 e. The van der Waals surface area contributed by atoms with Gasteiger partial charge in [-0.15, -0.1) is 0 Å². The van der Waals surface area contributed by atoms with Crippen LogP contribution in [0.15, 0.2) is 48.5 Å². The molecule has 0 aromatic heterocycles. The lowest BCUT2D eigenvalue weighted by Gasteiger charge is -2.42. The highest BCUT2D eigenvalue weighted by Gasteiger charge is 2.46. The van der Waals surface area contributed by atoms with Crippen molar-refractivity contribution >= 4 is 11.6 Å². The molecule has 9 heteroatoms. The van der Waals surface area contributed by atoms with Gasteiger partial charge in [0, 0.05) is 34.7 Å². The Labute approximate surface area is 166 Å². The third-order valence-electron chi connectivity index (χ3n) is 4.67. The average molecular weight is 403 g/mol. The Kier molecular flexibility index (Phi) is 6.55. The summed E-state index contributed by atoms with van der Waals surface area (Å²) in [6.07, 6.45) is -5.06. The quantitative estimate of drug-likeness (QED) is 0.424. The first-order chi connectivity index (χ1) is 13.9. The Morgan fingerprint density at radius 2 is 1.93 bits per heavy atom. The van der Waals surface area contributed by atoms with Gasteiger partial charge in [0.05, 0.1) is 6.61 Å². The van der Waals surface area contributed by atoms with Crippen molar-refractivity contribution in [3.8, 4) is 16.9 Å². The van der Waals surface area contributed by atoms with Gasteiger partial charge in [-0.05, 0) is 11.6 Å². The number of para-hydroxylation sites is 1. The van der Waals surface area contributed by atoms with Crippen molar-refractivity contribution in [2.75, 3.05) is 6.61 Å². The first kappa shape index (κ1) is 20.9. The first-order valence-electron chi connectivity index (χ1n) is 9.08. The highest BCUT2D eigenvalue weighted by atomic mass is 16.7. The third-order valence-corrected chi connectivity index (χ3v) is 4.67. The number of aliphatic hydroxyl groups is 3. The molecule has 0 aliphatic carbocycles. The first-order valence-corrected chi connectivity index (χ1v) is 9.08. The maximum Gasteiger partial charge on any atom is 0.253 e. The van der Waals surface area contributed by atoms with E-state index >= 15 is 0 Å². The summed E-state index contributed by atoms with van der Waals surface area (Å²) in [5, 5.41) is 34.3. The largest absolute Gasteiger partial charge is 0.462 e. The molecule has 1 fully saturated rings. The van der Waals surface area contributed by atoms with E-state index in [1.54, 1.807) is 48.5 Å². The van der Waals surface area contributed by atoms with Crippen LogP contribution in [0.3, 0.4) is 0 Å². The van der Waals surface area contributed by atoms with Gasteiger partial charge >= 0.3 is 0 Å². The standard InChI is InChI=1S/C20H22N2O7/c1-11(24)21-17-19(26)18(25)16(10-23)29-20(17)28-15-8-3-2-7-14(15)12-5-4-6-13(9-12)22-27/h2-9,16-20,23,25-26H,10H2,1H3,(H,21,24)/p+1/t16-,17-,18+,19-,20-/m1/s1. The minimum atomic E-state index is -1.41. The predicted octanol–water partition coefficient (Wildman–Crippen LogP) is -0.845. The van der Waals surface area contributed by atoms with Crippen LogP contribution in [-0.2, 0) is 9.53 Å². The van der Waals surface area contributed by atoms with Crippen LogP contribution in [0.2, 0.25) is 0 Å². The Morgan fingerprint density at radius 1 is 1.17 bits per heavy atom. The maximum absolute atomic E-state index is 11.6. The number of ether oxygens (including phenoxy) is 2. The van der Waals surface area contributed by atoms with Crippen LogP contribution in [0.5, 0.6) is 5.75 Å². The minimum absolute atomic E-state index is 0.371. The summed E-state index contributed by atoms with van der Waals surface area (Å²) in [6, 6.07) is 12.7. The second-order valence-corrected chi connectivity index (χ2v) is 6.73. The van der Waals surface area contributed by atoms with Gasteiger partial charge in [-0.2, -0.15) is 0 Å². The number of hydrogen-bond acceptors (Lipinski definition) is 7. The molecule has 2 aromatic carbocycles. The van der Waals surface area contributed by atoms with Gasteiger partial charge in [0.1, 0.15) is 30.1 Å². The van der Waals surface area contributed by atoms with Crippen molar-refractivity contribution in [3.05, 3.63) is 53.4 Å². The number of nitrogens with one attached hydrogen (secondary N) is 2. The maximum atomic E-state index is 11.6. The Bertz CT molecular complexity index is 875. The molecule has 1 aliphatic heterocycles. The van der Waals surface area contributed by atoms with Crippen molar-refractivity contribution in [3.63, 3.8) is 0 Å². The number of hydrogen-bond donors (Lipinski definition) is 5. The van der Waals surface area contributed by atoms with Crippen LogP contribution >= 0.6 is 0 Å². The van der Waals surface area contributed by atoms with E-state index in [1.807, 2.05) is 5.18 Å². The highest BCUT2D eigenvalue weighted by Crippen LogP contribution is 2.33.